The number of alkyl halides is 1. The van der Waals surface area contributed by atoms with E-state index in [4.69, 9.17) is 16.9 Å². The number of rotatable bonds is 4. The quantitative estimate of drug-likeness (QED) is 0.696. The van der Waals surface area contributed by atoms with Crippen LogP contribution in [0, 0.1) is 11.3 Å². The van der Waals surface area contributed by atoms with E-state index >= 15 is 0 Å². The number of aromatic nitrogens is 4. The molecule has 1 atom stereocenters. The molecule has 0 N–H and O–H groups in total. The second-order valence-electron chi connectivity index (χ2n) is 4.82. The van der Waals surface area contributed by atoms with Gasteiger partial charge in [-0.2, -0.15) is 10.4 Å². The lowest BCUT2D eigenvalue weighted by molar-refractivity contribution is 0.528. The highest BCUT2D eigenvalue weighted by molar-refractivity contribution is 6.20. The fourth-order valence-corrected chi connectivity index (χ4v) is 2.55. The molecule has 0 aliphatic rings. The lowest BCUT2D eigenvalue weighted by atomic mass is 10.2. The second kappa shape index (κ2) is 5.58. The minimum atomic E-state index is -0.194. The van der Waals surface area contributed by atoms with E-state index in [9.17, 15) is 0 Å². The van der Waals surface area contributed by atoms with Gasteiger partial charge < -0.3 is 4.57 Å². The molecule has 5 nitrogen and oxygen atoms in total. The van der Waals surface area contributed by atoms with Gasteiger partial charge >= 0.3 is 0 Å². The molecule has 6 heteroatoms. The summed E-state index contributed by atoms with van der Waals surface area (Å²) in [5.41, 5.74) is 2.41. The highest BCUT2D eigenvalue weighted by Crippen LogP contribution is 2.25. The largest absolute Gasteiger partial charge is 0.325 e. The molecule has 1 unspecified atom stereocenters. The van der Waals surface area contributed by atoms with Gasteiger partial charge in [0, 0.05) is 18.9 Å². The SMILES string of the molecule is CC(Cl)c1nc2ccc(C#N)cc2n1CCn1cccn1. The van der Waals surface area contributed by atoms with Gasteiger partial charge in [-0.3, -0.25) is 4.68 Å². The zero-order valence-electron chi connectivity index (χ0n) is 11.6. The monoisotopic (exact) mass is 299 g/mol. The number of hydrogen-bond donors (Lipinski definition) is 0. The van der Waals surface area contributed by atoms with E-state index in [0.717, 1.165) is 23.4 Å². The summed E-state index contributed by atoms with van der Waals surface area (Å²) in [5.74, 6) is 0.814. The molecule has 0 saturated carbocycles. The Labute approximate surface area is 127 Å². The number of benzene rings is 1. The number of nitrogens with zero attached hydrogens (tertiary/aromatic N) is 5. The average molecular weight is 300 g/mol. The van der Waals surface area contributed by atoms with Gasteiger partial charge in [-0.05, 0) is 31.2 Å². The van der Waals surface area contributed by atoms with E-state index in [1.54, 1.807) is 12.3 Å². The Bertz CT molecular complexity index is 795. The maximum atomic E-state index is 9.06. The zero-order valence-corrected chi connectivity index (χ0v) is 12.3. The first-order valence-corrected chi connectivity index (χ1v) is 7.14. The lowest BCUT2D eigenvalue weighted by Crippen LogP contribution is -2.11. The third kappa shape index (κ3) is 2.63. The maximum Gasteiger partial charge on any atom is 0.127 e. The van der Waals surface area contributed by atoms with Crippen molar-refractivity contribution < 1.29 is 0 Å². The molecule has 3 rings (SSSR count). The Morgan fingerprint density at radius 1 is 1.38 bits per heavy atom. The number of hydrogen-bond acceptors (Lipinski definition) is 3. The molecule has 1 aromatic carbocycles. The van der Waals surface area contributed by atoms with E-state index in [1.807, 2.05) is 36.0 Å². The highest BCUT2D eigenvalue weighted by atomic mass is 35.5. The van der Waals surface area contributed by atoms with Gasteiger partial charge in [0.25, 0.3) is 0 Å². The van der Waals surface area contributed by atoms with Gasteiger partial charge in [0.1, 0.15) is 5.82 Å². The summed E-state index contributed by atoms with van der Waals surface area (Å²) >= 11 is 6.24. The van der Waals surface area contributed by atoms with Crippen LogP contribution in [0.4, 0.5) is 0 Å². The number of nitriles is 1. The van der Waals surface area contributed by atoms with E-state index in [0.29, 0.717) is 12.1 Å². The van der Waals surface area contributed by atoms with Gasteiger partial charge in [-0.15, -0.1) is 11.6 Å². The van der Waals surface area contributed by atoms with Crippen LogP contribution >= 0.6 is 11.6 Å². The molecule has 0 aliphatic carbocycles. The molecule has 2 heterocycles. The Kier molecular flexibility index (Phi) is 3.63. The van der Waals surface area contributed by atoms with E-state index in [1.165, 1.54) is 0 Å². The van der Waals surface area contributed by atoms with Crippen LogP contribution in [0.25, 0.3) is 11.0 Å². The summed E-state index contributed by atoms with van der Waals surface area (Å²) in [6, 6.07) is 9.55. The molecule has 0 radical (unpaired) electrons. The van der Waals surface area contributed by atoms with Crippen LogP contribution in [0.2, 0.25) is 0 Å². The third-order valence-corrected chi connectivity index (χ3v) is 3.57. The summed E-state index contributed by atoms with van der Waals surface area (Å²) < 4.78 is 3.93. The molecule has 0 bridgehead atoms. The van der Waals surface area contributed by atoms with E-state index < -0.39 is 0 Å². The predicted molar refractivity (Wildman–Crippen MR) is 80.9 cm³/mol. The van der Waals surface area contributed by atoms with Crippen molar-refractivity contribution in [3.63, 3.8) is 0 Å². The Balaban J connectivity index is 2.04. The Hall–Kier alpha value is -2.32. The molecule has 0 fully saturated rings. The maximum absolute atomic E-state index is 9.06. The number of aryl methyl sites for hydroxylation is 2. The zero-order chi connectivity index (χ0) is 14.8. The number of imidazole rings is 1. The minimum Gasteiger partial charge on any atom is -0.325 e. The van der Waals surface area contributed by atoms with Crippen molar-refractivity contribution >= 4 is 22.6 Å². The van der Waals surface area contributed by atoms with Crippen molar-refractivity contribution in [3.05, 3.63) is 48.0 Å². The van der Waals surface area contributed by atoms with Crippen LogP contribution < -0.4 is 0 Å². The summed E-state index contributed by atoms with van der Waals surface area (Å²) in [6.07, 6.45) is 3.68. The molecule has 106 valence electrons. The summed E-state index contributed by atoms with van der Waals surface area (Å²) in [7, 11) is 0. The molecule has 0 saturated heterocycles. The predicted octanol–water partition coefficient (Wildman–Crippen LogP) is 3.10. The van der Waals surface area contributed by atoms with Gasteiger partial charge in [-0.25, -0.2) is 4.98 Å². The summed E-state index contributed by atoms with van der Waals surface area (Å²) in [5, 5.41) is 13.1. The molecule has 0 aliphatic heterocycles. The van der Waals surface area contributed by atoms with Crippen LogP contribution in [-0.2, 0) is 13.1 Å². The van der Waals surface area contributed by atoms with Crippen LogP contribution in [0.1, 0.15) is 23.7 Å². The first kappa shape index (κ1) is 13.7. The first-order chi connectivity index (χ1) is 10.2. The second-order valence-corrected chi connectivity index (χ2v) is 5.48. The Morgan fingerprint density at radius 2 is 2.24 bits per heavy atom. The van der Waals surface area contributed by atoms with Crippen LogP contribution in [0.3, 0.4) is 0 Å². The fraction of sp³-hybridized carbons (Fsp3) is 0.267. The Morgan fingerprint density at radius 3 is 2.90 bits per heavy atom. The standard InChI is InChI=1S/C15H14ClN5/c1-11(16)15-19-13-4-3-12(10-17)9-14(13)21(15)8-7-20-6-2-5-18-20/h2-6,9,11H,7-8H2,1H3. The van der Waals surface area contributed by atoms with Gasteiger partial charge in [0.05, 0.1) is 34.6 Å². The van der Waals surface area contributed by atoms with Crippen molar-refractivity contribution in [2.24, 2.45) is 0 Å². The topological polar surface area (TPSA) is 59.4 Å². The van der Waals surface area contributed by atoms with E-state index in [2.05, 4.69) is 20.7 Å². The van der Waals surface area contributed by atoms with Crippen molar-refractivity contribution in [2.45, 2.75) is 25.4 Å². The highest BCUT2D eigenvalue weighted by Gasteiger charge is 2.15. The number of halogens is 1. The summed E-state index contributed by atoms with van der Waals surface area (Å²) in [6.45, 7) is 3.34. The average Bonchev–Trinajstić information content (AvgIpc) is 3.11. The van der Waals surface area contributed by atoms with Crippen molar-refractivity contribution in [2.75, 3.05) is 0 Å². The van der Waals surface area contributed by atoms with Gasteiger partial charge in [0.2, 0.25) is 0 Å². The van der Waals surface area contributed by atoms with Crippen molar-refractivity contribution in [1.82, 2.24) is 19.3 Å². The molecular weight excluding hydrogens is 286 g/mol. The van der Waals surface area contributed by atoms with Crippen LogP contribution in [-0.4, -0.2) is 19.3 Å². The smallest absolute Gasteiger partial charge is 0.127 e. The third-order valence-electron chi connectivity index (χ3n) is 3.37. The molecule has 3 aromatic rings. The lowest BCUT2D eigenvalue weighted by Gasteiger charge is -2.10. The number of fused-ring (bicyclic) bond motifs is 1. The fourth-order valence-electron chi connectivity index (χ4n) is 2.38. The van der Waals surface area contributed by atoms with Crippen molar-refractivity contribution in [1.29, 1.82) is 5.26 Å². The first-order valence-electron chi connectivity index (χ1n) is 6.71. The van der Waals surface area contributed by atoms with Gasteiger partial charge in [-0.1, -0.05) is 0 Å². The summed E-state index contributed by atoms with van der Waals surface area (Å²) in [4.78, 5) is 4.58. The molecule has 2 aromatic heterocycles. The molecule has 0 spiro atoms. The van der Waals surface area contributed by atoms with Crippen molar-refractivity contribution in [3.8, 4) is 6.07 Å². The van der Waals surface area contributed by atoms with Crippen LogP contribution in [0.15, 0.2) is 36.7 Å². The molecule has 21 heavy (non-hydrogen) atoms. The minimum absolute atomic E-state index is 0.194. The molecule has 0 amide bonds. The molecular formula is C15H14ClN5. The van der Waals surface area contributed by atoms with Gasteiger partial charge in [0.15, 0.2) is 0 Å². The van der Waals surface area contributed by atoms with E-state index in [-0.39, 0.29) is 5.38 Å². The normalized spacial score (nSPS) is 12.4. The van der Waals surface area contributed by atoms with Crippen LogP contribution in [0.5, 0.6) is 0 Å².